The SMILES string of the molecule is CCCCC(COCC(C)S)COCC(C)S. The van der Waals surface area contributed by atoms with Crippen LogP contribution in [0.1, 0.15) is 40.0 Å². The highest BCUT2D eigenvalue weighted by Gasteiger charge is 2.10. The summed E-state index contributed by atoms with van der Waals surface area (Å²) in [5.41, 5.74) is 0. The average molecular weight is 280 g/mol. The molecule has 0 radical (unpaired) electrons. The van der Waals surface area contributed by atoms with Gasteiger partial charge in [0.1, 0.15) is 0 Å². The number of ether oxygens (including phenoxy) is 2. The fraction of sp³-hybridized carbons (Fsp3) is 1.00. The van der Waals surface area contributed by atoms with Crippen LogP contribution in [0.2, 0.25) is 0 Å². The van der Waals surface area contributed by atoms with E-state index in [9.17, 15) is 0 Å². The average Bonchev–Trinajstić information content (AvgIpc) is 2.24. The van der Waals surface area contributed by atoms with Crippen molar-refractivity contribution in [3.63, 3.8) is 0 Å². The van der Waals surface area contributed by atoms with Gasteiger partial charge < -0.3 is 9.47 Å². The van der Waals surface area contributed by atoms with Crippen LogP contribution in [-0.2, 0) is 9.47 Å². The van der Waals surface area contributed by atoms with Gasteiger partial charge in [0, 0.05) is 16.4 Å². The van der Waals surface area contributed by atoms with E-state index in [0.717, 1.165) is 13.2 Å². The molecule has 0 saturated carbocycles. The summed E-state index contributed by atoms with van der Waals surface area (Å²) < 4.78 is 11.3. The Morgan fingerprint density at radius 3 is 1.71 bits per heavy atom. The third-order valence-electron chi connectivity index (χ3n) is 2.39. The maximum atomic E-state index is 5.64. The van der Waals surface area contributed by atoms with Crippen molar-refractivity contribution >= 4 is 25.3 Å². The van der Waals surface area contributed by atoms with Gasteiger partial charge in [0.25, 0.3) is 0 Å². The van der Waals surface area contributed by atoms with Crippen molar-refractivity contribution in [2.24, 2.45) is 5.92 Å². The van der Waals surface area contributed by atoms with Gasteiger partial charge in [-0.2, -0.15) is 25.3 Å². The van der Waals surface area contributed by atoms with Gasteiger partial charge in [0.2, 0.25) is 0 Å². The molecule has 0 heterocycles. The molecule has 0 amide bonds. The number of unbranched alkanes of at least 4 members (excludes halogenated alkanes) is 1. The Balaban J connectivity index is 3.71. The topological polar surface area (TPSA) is 18.5 Å². The quantitative estimate of drug-likeness (QED) is 0.565. The first kappa shape index (κ1) is 17.6. The number of hydrogen-bond acceptors (Lipinski definition) is 4. The lowest BCUT2D eigenvalue weighted by Crippen LogP contribution is -2.20. The lowest BCUT2D eigenvalue weighted by molar-refractivity contribution is 0.0379. The predicted molar refractivity (Wildman–Crippen MR) is 81.5 cm³/mol. The highest BCUT2D eigenvalue weighted by atomic mass is 32.1. The second-order valence-corrected chi connectivity index (χ2v) is 6.54. The minimum Gasteiger partial charge on any atom is -0.380 e. The molecule has 0 aliphatic carbocycles. The fourth-order valence-electron chi connectivity index (χ4n) is 1.52. The number of hydrogen-bond donors (Lipinski definition) is 2. The van der Waals surface area contributed by atoms with Crippen molar-refractivity contribution < 1.29 is 9.47 Å². The van der Waals surface area contributed by atoms with E-state index < -0.39 is 0 Å². The monoisotopic (exact) mass is 280 g/mol. The Kier molecular flexibility index (Phi) is 12.1. The highest BCUT2D eigenvalue weighted by molar-refractivity contribution is 7.81. The van der Waals surface area contributed by atoms with Crippen LogP contribution in [0.15, 0.2) is 0 Å². The van der Waals surface area contributed by atoms with Gasteiger partial charge in [-0.25, -0.2) is 0 Å². The first-order valence-corrected chi connectivity index (χ1v) is 7.61. The van der Waals surface area contributed by atoms with Crippen molar-refractivity contribution in [2.75, 3.05) is 26.4 Å². The molecule has 0 aromatic carbocycles. The number of thiol groups is 2. The second kappa shape index (κ2) is 11.7. The van der Waals surface area contributed by atoms with Gasteiger partial charge in [-0.15, -0.1) is 0 Å². The van der Waals surface area contributed by atoms with Crippen LogP contribution in [0.5, 0.6) is 0 Å². The zero-order chi connectivity index (χ0) is 13.1. The van der Waals surface area contributed by atoms with E-state index in [1.54, 1.807) is 0 Å². The fourth-order valence-corrected chi connectivity index (χ4v) is 1.73. The van der Waals surface area contributed by atoms with Gasteiger partial charge in [-0.1, -0.05) is 33.6 Å². The van der Waals surface area contributed by atoms with Gasteiger partial charge >= 0.3 is 0 Å². The summed E-state index contributed by atoms with van der Waals surface area (Å²) in [4.78, 5) is 0. The van der Waals surface area contributed by atoms with Gasteiger partial charge in [0.05, 0.1) is 26.4 Å². The molecular formula is C13H28O2S2. The molecule has 2 atom stereocenters. The molecular weight excluding hydrogens is 252 g/mol. The normalized spacial score (nSPS) is 16.8. The van der Waals surface area contributed by atoms with E-state index in [1.165, 1.54) is 19.3 Å². The lowest BCUT2D eigenvalue weighted by Gasteiger charge is -2.18. The van der Waals surface area contributed by atoms with Crippen LogP contribution in [0.3, 0.4) is 0 Å². The third-order valence-corrected chi connectivity index (χ3v) is 2.69. The summed E-state index contributed by atoms with van der Waals surface area (Å²) in [6.45, 7) is 9.30. The summed E-state index contributed by atoms with van der Waals surface area (Å²) in [7, 11) is 0. The minimum absolute atomic E-state index is 0.306. The van der Waals surface area contributed by atoms with Gasteiger partial charge in [0.15, 0.2) is 0 Å². The predicted octanol–water partition coefficient (Wildman–Crippen LogP) is 3.46. The van der Waals surface area contributed by atoms with Crippen LogP contribution in [-0.4, -0.2) is 36.9 Å². The minimum atomic E-state index is 0.306. The van der Waals surface area contributed by atoms with Crippen LogP contribution >= 0.6 is 25.3 Å². The summed E-state index contributed by atoms with van der Waals surface area (Å²) in [6, 6.07) is 0. The molecule has 0 aliphatic rings. The number of rotatable bonds is 11. The Morgan fingerprint density at radius 2 is 1.35 bits per heavy atom. The molecule has 0 aliphatic heterocycles. The van der Waals surface area contributed by atoms with E-state index in [0.29, 0.717) is 29.6 Å². The molecule has 0 rings (SSSR count). The first-order valence-electron chi connectivity index (χ1n) is 6.57. The molecule has 2 nitrogen and oxygen atoms in total. The molecule has 0 spiro atoms. The third kappa shape index (κ3) is 12.9. The summed E-state index contributed by atoms with van der Waals surface area (Å²) in [5, 5.41) is 0.611. The van der Waals surface area contributed by atoms with E-state index >= 15 is 0 Å². The maximum absolute atomic E-state index is 5.64. The van der Waals surface area contributed by atoms with Gasteiger partial charge in [-0.05, 0) is 6.42 Å². The smallest absolute Gasteiger partial charge is 0.0579 e. The van der Waals surface area contributed by atoms with E-state index in [4.69, 9.17) is 9.47 Å². The van der Waals surface area contributed by atoms with Crippen LogP contribution in [0.4, 0.5) is 0 Å². The summed E-state index contributed by atoms with van der Waals surface area (Å²) in [5.74, 6) is 0.508. The standard InChI is InChI=1S/C13H28O2S2/c1-4-5-6-13(9-14-7-11(2)16)10-15-8-12(3)17/h11-13,16-17H,4-10H2,1-3H3. The summed E-state index contributed by atoms with van der Waals surface area (Å²) in [6.07, 6.45) is 3.64. The van der Waals surface area contributed by atoms with Crippen molar-refractivity contribution in [3.8, 4) is 0 Å². The van der Waals surface area contributed by atoms with Crippen LogP contribution in [0, 0.1) is 5.92 Å². The lowest BCUT2D eigenvalue weighted by atomic mass is 10.0. The first-order chi connectivity index (χ1) is 8.06. The zero-order valence-corrected chi connectivity index (χ0v) is 13.2. The van der Waals surface area contributed by atoms with Crippen molar-refractivity contribution in [1.82, 2.24) is 0 Å². The molecule has 0 saturated heterocycles. The Hall–Kier alpha value is 0.620. The van der Waals surface area contributed by atoms with E-state index in [1.807, 2.05) is 13.8 Å². The van der Waals surface area contributed by atoms with Crippen LogP contribution in [0.25, 0.3) is 0 Å². The van der Waals surface area contributed by atoms with E-state index in [-0.39, 0.29) is 0 Å². The molecule has 17 heavy (non-hydrogen) atoms. The maximum Gasteiger partial charge on any atom is 0.0579 e. The molecule has 0 aromatic rings. The molecule has 0 N–H and O–H groups in total. The Morgan fingerprint density at radius 1 is 0.882 bits per heavy atom. The molecule has 0 aromatic heterocycles. The summed E-state index contributed by atoms with van der Waals surface area (Å²) >= 11 is 8.60. The zero-order valence-electron chi connectivity index (χ0n) is 11.4. The Bertz CT molecular complexity index is 149. The highest BCUT2D eigenvalue weighted by Crippen LogP contribution is 2.11. The molecule has 104 valence electrons. The second-order valence-electron chi connectivity index (χ2n) is 4.78. The molecule has 4 heteroatoms. The largest absolute Gasteiger partial charge is 0.380 e. The van der Waals surface area contributed by atoms with Crippen molar-refractivity contribution in [1.29, 1.82) is 0 Å². The van der Waals surface area contributed by atoms with Crippen molar-refractivity contribution in [2.45, 2.75) is 50.5 Å². The van der Waals surface area contributed by atoms with Crippen LogP contribution < -0.4 is 0 Å². The Labute approximate surface area is 118 Å². The molecule has 0 bridgehead atoms. The van der Waals surface area contributed by atoms with E-state index in [2.05, 4.69) is 32.2 Å². The molecule has 0 fully saturated rings. The molecule has 2 unspecified atom stereocenters. The van der Waals surface area contributed by atoms with Crippen molar-refractivity contribution in [3.05, 3.63) is 0 Å². The van der Waals surface area contributed by atoms with Gasteiger partial charge in [-0.3, -0.25) is 0 Å².